The van der Waals surface area contributed by atoms with E-state index in [1.54, 1.807) is 24.3 Å². The van der Waals surface area contributed by atoms with E-state index in [0.29, 0.717) is 11.1 Å². The number of nitrogens with one attached hydrogen (secondary N) is 1. The van der Waals surface area contributed by atoms with E-state index in [1.165, 1.54) is 11.6 Å². The Hall–Kier alpha value is -2.16. The average Bonchev–Trinajstić information content (AvgIpc) is 2.45. The third-order valence-corrected chi connectivity index (χ3v) is 3.35. The number of amides is 1. The number of carbonyl (C=O) groups excluding carboxylic acids is 1. The molecular weight excluding hydrogens is 265 g/mol. The Balaban J connectivity index is 2.03. The molecule has 0 heterocycles. The third kappa shape index (κ3) is 3.91. The minimum atomic E-state index is -0.360. The summed E-state index contributed by atoms with van der Waals surface area (Å²) in [5.74, 6) is -0.566. The van der Waals surface area contributed by atoms with E-state index in [1.807, 2.05) is 12.1 Å². The number of halogens is 1. The van der Waals surface area contributed by atoms with Crippen LogP contribution in [0, 0.1) is 11.9 Å². The van der Waals surface area contributed by atoms with Gasteiger partial charge in [-0.3, -0.25) is 4.79 Å². The Labute approximate surface area is 125 Å². The molecule has 1 N–H and O–H groups in total. The van der Waals surface area contributed by atoms with Crippen LogP contribution in [0.3, 0.4) is 0 Å². The SMILES string of the molecule is CC(C)(C)c1ccc(C(=O)NCc2cc[c]cc2F)cc1. The number of carbonyl (C=O) groups is 1. The second-order valence-corrected chi connectivity index (χ2v) is 6.03. The molecular formula is C18H19FNO. The second-order valence-electron chi connectivity index (χ2n) is 6.03. The van der Waals surface area contributed by atoms with E-state index < -0.39 is 0 Å². The van der Waals surface area contributed by atoms with Crippen molar-refractivity contribution in [3.8, 4) is 0 Å². The van der Waals surface area contributed by atoms with Crippen molar-refractivity contribution in [1.82, 2.24) is 5.32 Å². The van der Waals surface area contributed by atoms with Crippen LogP contribution in [0.25, 0.3) is 0 Å². The summed E-state index contributed by atoms with van der Waals surface area (Å²) in [6, 6.07) is 14.6. The van der Waals surface area contributed by atoms with Crippen LogP contribution in [-0.4, -0.2) is 5.91 Å². The van der Waals surface area contributed by atoms with Gasteiger partial charge in [-0.1, -0.05) is 45.0 Å². The van der Waals surface area contributed by atoms with Crippen LogP contribution in [0.2, 0.25) is 0 Å². The zero-order chi connectivity index (χ0) is 15.5. The largest absolute Gasteiger partial charge is 0.348 e. The maximum Gasteiger partial charge on any atom is 0.251 e. The number of benzene rings is 2. The highest BCUT2D eigenvalue weighted by atomic mass is 19.1. The summed E-state index contributed by atoms with van der Waals surface area (Å²) < 4.78 is 13.4. The van der Waals surface area contributed by atoms with Crippen molar-refractivity contribution in [3.05, 3.63) is 71.0 Å². The molecule has 0 saturated heterocycles. The summed E-state index contributed by atoms with van der Waals surface area (Å²) in [4.78, 5) is 12.0. The molecule has 0 spiro atoms. The van der Waals surface area contributed by atoms with Crippen LogP contribution >= 0.6 is 0 Å². The zero-order valence-electron chi connectivity index (χ0n) is 12.5. The highest BCUT2D eigenvalue weighted by molar-refractivity contribution is 5.94. The fourth-order valence-electron chi connectivity index (χ4n) is 1.98. The van der Waals surface area contributed by atoms with Crippen molar-refractivity contribution in [2.75, 3.05) is 0 Å². The normalized spacial score (nSPS) is 11.2. The van der Waals surface area contributed by atoms with Gasteiger partial charge >= 0.3 is 0 Å². The summed E-state index contributed by atoms with van der Waals surface area (Å²) in [5.41, 5.74) is 2.25. The highest BCUT2D eigenvalue weighted by Crippen LogP contribution is 2.22. The van der Waals surface area contributed by atoms with E-state index in [0.717, 1.165) is 0 Å². The van der Waals surface area contributed by atoms with Crippen LogP contribution in [-0.2, 0) is 12.0 Å². The van der Waals surface area contributed by atoms with Gasteiger partial charge in [0.2, 0.25) is 0 Å². The molecule has 1 radical (unpaired) electrons. The Morgan fingerprint density at radius 2 is 1.86 bits per heavy atom. The van der Waals surface area contributed by atoms with E-state index in [4.69, 9.17) is 0 Å². The van der Waals surface area contributed by atoms with Crippen molar-refractivity contribution in [2.24, 2.45) is 0 Å². The fraction of sp³-hybridized carbons (Fsp3) is 0.278. The highest BCUT2D eigenvalue weighted by Gasteiger charge is 2.14. The Morgan fingerprint density at radius 1 is 1.19 bits per heavy atom. The maximum atomic E-state index is 13.4. The fourth-order valence-corrected chi connectivity index (χ4v) is 1.98. The molecule has 0 fully saturated rings. The summed E-state index contributed by atoms with van der Waals surface area (Å²) in [6.07, 6.45) is 0. The van der Waals surface area contributed by atoms with Gasteiger partial charge in [0, 0.05) is 17.7 Å². The lowest BCUT2D eigenvalue weighted by Gasteiger charge is -2.19. The molecule has 2 aromatic rings. The van der Waals surface area contributed by atoms with Gasteiger partial charge in [0.25, 0.3) is 5.91 Å². The molecule has 21 heavy (non-hydrogen) atoms. The van der Waals surface area contributed by atoms with E-state index in [9.17, 15) is 9.18 Å². The molecule has 3 heteroatoms. The van der Waals surface area contributed by atoms with Gasteiger partial charge in [-0.15, -0.1) is 0 Å². The average molecular weight is 284 g/mol. The van der Waals surface area contributed by atoms with Crippen molar-refractivity contribution >= 4 is 5.91 Å². The Morgan fingerprint density at radius 3 is 2.43 bits per heavy atom. The lowest BCUT2D eigenvalue weighted by atomic mass is 9.87. The van der Waals surface area contributed by atoms with Crippen molar-refractivity contribution in [1.29, 1.82) is 0 Å². The molecule has 1 amide bonds. The molecule has 0 aliphatic rings. The second kappa shape index (κ2) is 6.08. The number of hydrogen-bond acceptors (Lipinski definition) is 1. The number of hydrogen-bond donors (Lipinski definition) is 1. The first kappa shape index (κ1) is 15.2. The molecule has 0 unspecified atom stereocenters. The Bertz CT molecular complexity index is 626. The molecule has 0 saturated carbocycles. The molecule has 0 atom stereocenters. The lowest BCUT2D eigenvalue weighted by Crippen LogP contribution is -2.23. The van der Waals surface area contributed by atoms with Gasteiger partial charge in [0.05, 0.1) is 0 Å². The number of rotatable bonds is 3. The molecule has 0 aliphatic heterocycles. The van der Waals surface area contributed by atoms with Gasteiger partial charge < -0.3 is 5.32 Å². The quantitative estimate of drug-likeness (QED) is 0.911. The van der Waals surface area contributed by atoms with Crippen molar-refractivity contribution < 1.29 is 9.18 Å². The topological polar surface area (TPSA) is 29.1 Å². The minimum Gasteiger partial charge on any atom is -0.348 e. The molecule has 0 bridgehead atoms. The van der Waals surface area contributed by atoms with E-state index in [-0.39, 0.29) is 23.7 Å². The minimum absolute atomic E-state index is 0.0542. The summed E-state index contributed by atoms with van der Waals surface area (Å²) in [6.45, 7) is 6.53. The van der Waals surface area contributed by atoms with Gasteiger partial charge in [-0.25, -0.2) is 4.39 Å². The zero-order valence-corrected chi connectivity index (χ0v) is 12.5. The first-order valence-electron chi connectivity index (χ1n) is 6.91. The molecule has 0 aliphatic carbocycles. The van der Waals surface area contributed by atoms with Crippen LogP contribution < -0.4 is 5.32 Å². The Kier molecular flexibility index (Phi) is 4.41. The predicted molar refractivity (Wildman–Crippen MR) is 81.5 cm³/mol. The summed E-state index contributed by atoms with van der Waals surface area (Å²) in [5, 5.41) is 2.72. The van der Waals surface area contributed by atoms with Crippen molar-refractivity contribution in [3.63, 3.8) is 0 Å². The monoisotopic (exact) mass is 284 g/mol. The van der Waals surface area contributed by atoms with E-state index in [2.05, 4.69) is 32.2 Å². The summed E-state index contributed by atoms with van der Waals surface area (Å²) >= 11 is 0. The van der Waals surface area contributed by atoms with E-state index >= 15 is 0 Å². The molecule has 2 nitrogen and oxygen atoms in total. The first-order valence-corrected chi connectivity index (χ1v) is 6.91. The molecule has 0 aromatic heterocycles. The molecule has 2 aromatic carbocycles. The van der Waals surface area contributed by atoms with Crippen LogP contribution in [0.4, 0.5) is 4.39 Å². The van der Waals surface area contributed by atoms with Gasteiger partial charge in [-0.2, -0.15) is 0 Å². The van der Waals surface area contributed by atoms with Gasteiger partial charge in [0.1, 0.15) is 5.82 Å². The lowest BCUT2D eigenvalue weighted by molar-refractivity contribution is 0.0950. The smallest absolute Gasteiger partial charge is 0.251 e. The molecule has 2 rings (SSSR count). The maximum absolute atomic E-state index is 13.4. The predicted octanol–water partition coefficient (Wildman–Crippen LogP) is 3.85. The third-order valence-electron chi connectivity index (χ3n) is 3.35. The first-order chi connectivity index (χ1) is 9.88. The standard InChI is InChI=1S/C18H19FNO/c1-18(2,3)15-10-8-13(9-11-15)17(21)20-12-14-6-4-5-7-16(14)19/h4,6-11H,12H2,1-3H3,(H,20,21). The van der Waals surface area contributed by atoms with Crippen LogP contribution in [0.5, 0.6) is 0 Å². The van der Waals surface area contributed by atoms with Crippen LogP contribution in [0.15, 0.2) is 42.5 Å². The van der Waals surface area contributed by atoms with Gasteiger partial charge in [0.15, 0.2) is 0 Å². The van der Waals surface area contributed by atoms with Gasteiger partial charge in [-0.05, 0) is 35.2 Å². The molecule has 109 valence electrons. The van der Waals surface area contributed by atoms with Crippen LogP contribution in [0.1, 0.15) is 42.3 Å². The van der Waals surface area contributed by atoms with Crippen molar-refractivity contribution in [2.45, 2.75) is 32.7 Å². The summed E-state index contributed by atoms with van der Waals surface area (Å²) in [7, 11) is 0.